The molecule has 0 N–H and O–H groups in total. The van der Waals surface area contributed by atoms with Crippen LogP contribution >= 0.6 is 0 Å². The Hall–Kier alpha value is -4.00. The first-order chi connectivity index (χ1) is 15.0. The molecule has 1 heterocycles. The van der Waals surface area contributed by atoms with Crippen molar-refractivity contribution in [2.45, 2.75) is 20.5 Å². The molecule has 4 aromatic rings. The highest BCUT2D eigenvalue weighted by molar-refractivity contribution is 5.99. The Balaban J connectivity index is 1.56. The zero-order chi connectivity index (χ0) is 21.8. The highest BCUT2D eigenvalue weighted by Crippen LogP contribution is 2.21. The van der Waals surface area contributed by atoms with Crippen molar-refractivity contribution in [2.24, 2.45) is 12.2 Å². The molecule has 0 aliphatic carbocycles. The summed E-state index contributed by atoms with van der Waals surface area (Å²) in [5.74, 6) is 0. The van der Waals surface area contributed by atoms with Crippen LogP contribution in [-0.2, 0) is 18.5 Å². The van der Waals surface area contributed by atoms with Gasteiger partial charge in [0.1, 0.15) is 6.61 Å². The molecule has 3 aromatic carbocycles. The van der Waals surface area contributed by atoms with E-state index in [1.807, 2.05) is 62.4 Å². The van der Waals surface area contributed by atoms with Crippen LogP contribution in [0.3, 0.4) is 0 Å². The largest absolute Gasteiger partial charge is 0.391 e. The highest BCUT2D eigenvalue weighted by atomic mass is 16.6. The maximum Gasteiger partial charge on any atom is 0.368 e. The first kappa shape index (κ1) is 20.3. The molecule has 31 heavy (non-hydrogen) atoms. The molecule has 0 bridgehead atoms. The lowest BCUT2D eigenvalue weighted by molar-refractivity contribution is 0.130. The van der Waals surface area contributed by atoms with Crippen LogP contribution in [0.25, 0.3) is 16.8 Å². The van der Waals surface area contributed by atoms with Gasteiger partial charge in [0, 0.05) is 12.6 Å². The smallest absolute Gasteiger partial charge is 0.368 e. The van der Waals surface area contributed by atoms with Gasteiger partial charge in [0.2, 0.25) is 0 Å². The zero-order valence-corrected chi connectivity index (χ0v) is 17.7. The van der Waals surface area contributed by atoms with Crippen LogP contribution in [0.2, 0.25) is 0 Å². The lowest BCUT2D eigenvalue weighted by atomic mass is 10.0. The van der Waals surface area contributed by atoms with E-state index in [1.54, 1.807) is 7.05 Å². The van der Waals surface area contributed by atoms with Gasteiger partial charge in [-0.3, -0.25) is 0 Å². The first-order valence-electron chi connectivity index (χ1n) is 9.95. The Labute approximate surface area is 180 Å². The van der Waals surface area contributed by atoms with Crippen molar-refractivity contribution in [3.63, 3.8) is 0 Å². The summed E-state index contributed by atoms with van der Waals surface area (Å²) in [6.45, 7) is 4.08. The molecule has 1 aromatic heterocycles. The second kappa shape index (κ2) is 8.79. The molecule has 0 spiro atoms. The molecule has 0 saturated carbocycles. The lowest BCUT2D eigenvalue weighted by Crippen LogP contribution is -2.23. The number of benzene rings is 3. The molecule has 0 aliphatic rings. The van der Waals surface area contributed by atoms with Gasteiger partial charge < -0.3 is 4.84 Å². The van der Waals surface area contributed by atoms with Gasteiger partial charge in [-0.05, 0) is 58.7 Å². The Morgan fingerprint density at radius 3 is 2.45 bits per heavy atom. The van der Waals surface area contributed by atoms with Gasteiger partial charge in [0.15, 0.2) is 0 Å². The highest BCUT2D eigenvalue weighted by Gasteiger charge is 2.13. The third-order valence-electron chi connectivity index (χ3n) is 5.13. The number of aromatic nitrogens is 4. The summed E-state index contributed by atoms with van der Waals surface area (Å²) in [7, 11) is 1.56. The van der Waals surface area contributed by atoms with Crippen molar-refractivity contribution in [3.05, 3.63) is 100.0 Å². The minimum atomic E-state index is -0.316. The molecule has 0 amide bonds. The van der Waals surface area contributed by atoms with Gasteiger partial charge >= 0.3 is 5.69 Å². The molecular weight excluding hydrogens is 390 g/mol. The number of aryl methyl sites for hydroxylation is 2. The summed E-state index contributed by atoms with van der Waals surface area (Å²) in [5, 5.41) is 12.1. The molecule has 0 aliphatic heterocycles. The van der Waals surface area contributed by atoms with Crippen molar-refractivity contribution in [3.8, 4) is 16.8 Å². The van der Waals surface area contributed by atoms with Gasteiger partial charge in [-0.2, -0.15) is 9.36 Å². The van der Waals surface area contributed by atoms with E-state index in [1.165, 1.54) is 9.36 Å². The van der Waals surface area contributed by atoms with Crippen LogP contribution in [0, 0.1) is 6.92 Å². The average molecular weight is 413 g/mol. The Kier molecular flexibility index (Phi) is 5.75. The molecule has 0 atom stereocenters. The van der Waals surface area contributed by atoms with Crippen LogP contribution in [0.4, 0.5) is 0 Å². The fraction of sp³-hybridized carbons (Fsp3) is 0.167. The molecule has 0 radical (unpaired) electrons. The summed E-state index contributed by atoms with van der Waals surface area (Å²) in [6.07, 6.45) is 0. The van der Waals surface area contributed by atoms with E-state index in [-0.39, 0.29) is 12.3 Å². The summed E-state index contributed by atoms with van der Waals surface area (Å²) in [6, 6.07) is 24.0. The molecule has 4 rings (SSSR count). The minimum absolute atomic E-state index is 0.209. The average Bonchev–Trinajstić information content (AvgIpc) is 3.13. The van der Waals surface area contributed by atoms with Crippen molar-refractivity contribution < 1.29 is 4.84 Å². The minimum Gasteiger partial charge on any atom is -0.391 e. The Morgan fingerprint density at radius 2 is 1.71 bits per heavy atom. The van der Waals surface area contributed by atoms with Crippen LogP contribution in [0.5, 0.6) is 0 Å². The molecule has 156 valence electrons. The molecular formula is C24H23N5O2. The van der Waals surface area contributed by atoms with Gasteiger partial charge in [-0.15, -0.1) is 0 Å². The third-order valence-corrected chi connectivity index (χ3v) is 5.13. The second-order valence-corrected chi connectivity index (χ2v) is 7.27. The number of nitrogens with zero attached hydrogens (tertiary/aromatic N) is 5. The van der Waals surface area contributed by atoms with E-state index in [9.17, 15) is 4.79 Å². The van der Waals surface area contributed by atoms with Gasteiger partial charge in [-0.25, -0.2) is 4.79 Å². The third kappa shape index (κ3) is 4.30. The lowest BCUT2D eigenvalue weighted by Gasteiger charge is -2.11. The normalized spacial score (nSPS) is 11.5. The van der Waals surface area contributed by atoms with E-state index in [0.29, 0.717) is 5.69 Å². The summed E-state index contributed by atoms with van der Waals surface area (Å²) < 4.78 is 2.46. The van der Waals surface area contributed by atoms with E-state index in [2.05, 4.69) is 39.8 Å². The van der Waals surface area contributed by atoms with Crippen LogP contribution in [-0.4, -0.2) is 25.5 Å². The first-order valence-corrected chi connectivity index (χ1v) is 9.95. The summed E-state index contributed by atoms with van der Waals surface area (Å²) >= 11 is 0. The van der Waals surface area contributed by atoms with Gasteiger partial charge in [0.05, 0.1) is 11.4 Å². The predicted octanol–water partition coefficient (Wildman–Crippen LogP) is 3.88. The predicted molar refractivity (Wildman–Crippen MR) is 120 cm³/mol. The summed E-state index contributed by atoms with van der Waals surface area (Å²) in [4.78, 5) is 18.0. The molecule has 0 unspecified atom stereocenters. The zero-order valence-electron chi connectivity index (χ0n) is 17.7. The fourth-order valence-electron chi connectivity index (χ4n) is 3.34. The van der Waals surface area contributed by atoms with Crippen molar-refractivity contribution >= 4 is 5.71 Å². The topological polar surface area (TPSA) is 74.3 Å². The Bertz CT molecular complexity index is 1290. The van der Waals surface area contributed by atoms with E-state index < -0.39 is 0 Å². The van der Waals surface area contributed by atoms with E-state index >= 15 is 0 Å². The maximum absolute atomic E-state index is 12.3. The van der Waals surface area contributed by atoms with Crippen molar-refractivity contribution in [1.82, 2.24) is 19.8 Å². The fourth-order valence-corrected chi connectivity index (χ4v) is 3.34. The SMILES string of the molecule is CC(=NOCc1c(C)cccc1-n1nnn(C)c1=O)c1cccc(-c2ccccc2)c1. The van der Waals surface area contributed by atoms with E-state index in [4.69, 9.17) is 4.84 Å². The molecule has 0 saturated heterocycles. The van der Waals surface area contributed by atoms with E-state index in [0.717, 1.165) is 33.5 Å². The number of rotatable bonds is 6. The van der Waals surface area contributed by atoms with Gasteiger partial charge in [0.25, 0.3) is 0 Å². The van der Waals surface area contributed by atoms with Gasteiger partial charge in [-0.1, -0.05) is 65.8 Å². The number of hydrogen-bond donors (Lipinski definition) is 0. The molecule has 7 heteroatoms. The monoisotopic (exact) mass is 413 g/mol. The quantitative estimate of drug-likeness (QED) is 0.355. The molecule has 7 nitrogen and oxygen atoms in total. The van der Waals surface area contributed by atoms with Crippen LogP contribution in [0.1, 0.15) is 23.6 Å². The standard InChI is InChI=1S/C24H23N5O2/c1-17-9-7-14-23(29-24(30)28(3)26-27-29)22(17)16-31-25-18(2)20-12-8-13-21(15-20)19-10-5-4-6-11-19/h4-15H,16H2,1-3H3. The van der Waals surface area contributed by atoms with Crippen LogP contribution < -0.4 is 5.69 Å². The van der Waals surface area contributed by atoms with Crippen molar-refractivity contribution in [1.29, 1.82) is 0 Å². The Morgan fingerprint density at radius 1 is 0.968 bits per heavy atom. The second-order valence-electron chi connectivity index (χ2n) is 7.27. The van der Waals surface area contributed by atoms with Crippen molar-refractivity contribution in [2.75, 3.05) is 0 Å². The number of hydrogen-bond acceptors (Lipinski definition) is 5. The van der Waals surface area contributed by atoms with Crippen LogP contribution in [0.15, 0.2) is 82.7 Å². The maximum atomic E-state index is 12.3. The summed E-state index contributed by atoms with van der Waals surface area (Å²) in [5.41, 5.74) is 6.16. The number of tetrazole rings is 1. The number of oxime groups is 1. The molecule has 0 fully saturated rings.